The Bertz CT molecular complexity index is 3560. The van der Waals surface area contributed by atoms with Crippen molar-refractivity contribution in [1.29, 1.82) is 0 Å². The fourth-order valence-corrected chi connectivity index (χ4v) is 14.4. The summed E-state index contributed by atoms with van der Waals surface area (Å²) >= 11 is 2.90. The Balaban J connectivity index is 1.81. The number of urea groups is 1. The van der Waals surface area contributed by atoms with E-state index in [4.69, 9.17) is 10.8 Å². The highest BCUT2D eigenvalue weighted by molar-refractivity contribution is 8.00. The average Bonchev–Trinajstić information content (AvgIpc) is 1.68. The number of phosphoric ester groups is 1. The monoisotopic (exact) mass is 1680 g/mol. The summed E-state index contributed by atoms with van der Waals surface area (Å²) < 4.78 is 16.8. The molecule has 0 unspecified atom stereocenters. The number of nitrogens with zero attached hydrogens (tertiary/aromatic N) is 1. The van der Waals surface area contributed by atoms with E-state index in [2.05, 4.69) is 73.6 Å². The van der Waals surface area contributed by atoms with Gasteiger partial charge in [-0.1, -0.05) is 54.4 Å². The molecule has 640 valence electrons. The van der Waals surface area contributed by atoms with Gasteiger partial charge in [0.25, 0.3) is 0 Å². The molecule has 114 heavy (non-hydrogen) atoms. The van der Waals surface area contributed by atoms with Gasteiger partial charge in [0, 0.05) is 30.4 Å². The summed E-state index contributed by atoms with van der Waals surface area (Å²) in [6, 6.07) is -20.5. The predicted octanol–water partition coefficient (Wildman–Crippen LogP) is -5.97. The number of carbonyl (C=O) groups is 20. The van der Waals surface area contributed by atoms with Crippen molar-refractivity contribution in [3.63, 3.8) is 0 Å². The molecule has 0 radical (unpaired) electrons. The second-order valence-corrected chi connectivity index (χ2v) is 31.6. The molecule has 3 aliphatic rings. The van der Waals surface area contributed by atoms with Gasteiger partial charge >= 0.3 is 43.7 Å². The summed E-state index contributed by atoms with van der Waals surface area (Å²) in [5.74, 6) is -25.2. The molecule has 3 fully saturated rings. The van der Waals surface area contributed by atoms with Crippen LogP contribution in [-0.4, -0.2) is 287 Å². The van der Waals surface area contributed by atoms with E-state index in [1.165, 1.54) is 18.7 Å². The van der Waals surface area contributed by atoms with Crippen LogP contribution in [0.2, 0.25) is 0 Å². The highest BCUT2D eigenvalue weighted by atomic mass is 32.2. The third kappa shape index (κ3) is 35.6. The first-order valence-corrected chi connectivity index (χ1v) is 40.4. The first-order valence-electron chi connectivity index (χ1n) is 36.5. The Labute approximate surface area is 662 Å². The number of carbonyl (C=O) groups excluding carboxylic acids is 15. The van der Waals surface area contributed by atoms with E-state index in [0.717, 1.165) is 17.1 Å². The first kappa shape index (κ1) is 98.2. The smallest absolute Gasteiger partial charge is 0.469 e. The fourth-order valence-electron chi connectivity index (χ4n) is 12.0. The molecular formula is C66H105N16O29PS2. The number of rotatable bonds is 53. The summed E-state index contributed by atoms with van der Waals surface area (Å²) in [5.41, 5.74) is 5.35. The van der Waals surface area contributed by atoms with Crippen LogP contribution in [0.25, 0.3) is 0 Å². The first-order chi connectivity index (χ1) is 53.3. The van der Waals surface area contributed by atoms with Gasteiger partial charge in [0.15, 0.2) is 0 Å². The Kier molecular flexibility index (Phi) is 41.6. The van der Waals surface area contributed by atoms with Gasteiger partial charge in [0.2, 0.25) is 82.7 Å². The van der Waals surface area contributed by atoms with E-state index >= 15 is 0 Å². The molecule has 0 spiro atoms. The van der Waals surface area contributed by atoms with Crippen molar-refractivity contribution < 1.29 is 140 Å². The van der Waals surface area contributed by atoms with Gasteiger partial charge in [-0.25, -0.2) is 9.36 Å². The number of fused-ring (bicyclic) bond motifs is 1. The van der Waals surface area contributed by atoms with Crippen LogP contribution in [0.15, 0.2) is 0 Å². The molecule has 0 aromatic rings. The van der Waals surface area contributed by atoms with Crippen LogP contribution < -0.4 is 80.2 Å². The van der Waals surface area contributed by atoms with E-state index < -0.39 is 263 Å². The average molecular weight is 1680 g/mol. The van der Waals surface area contributed by atoms with Gasteiger partial charge in [-0.15, -0.1) is 0 Å². The fraction of sp³-hybridized carbons (Fsp3) is 0.697. The predicted molar refractivity (Wildman–Crippen MR) is 398 cm³/mol. The maximum absolute atomic E-state index is 14.6. The van der Waals surface area contributed by atoms with E-state index in [1.54, 1.807) is 52.6 Å². The number of thioether (sulfide) groups is 2. The van der Waals surface area contributed by atoms with E-state index in [1.807, 2.05) is 5.32 Å². The van der Waals surface area contributed by atoms with Gasteiger partial charge < -0.3 is 120 Å². The quantitative estimate of drug-likeness (QED) is 0.0153. The molecule has 0 aromatic carbocycles. The number of unbranched alkanes of at least 4 members (excludes halogenated alkanes) is 1. The van der Waals surface area contributed by atoms with Crippen molar-refractivity contribution >= 4 is 150 Å². The maximum atomic E-state index is 14.6. The standard InChI is InChI=1S/C66H105N16O29PS2/c1-8-32(6)53(64(105)71-33(55(67)96)15-16-48(86)87)80-62(103)40(25-52(94)95)76-61(102)39(24-51(92)93)77-63(104)43-12-11-18-82(43)65(106)41(28-111-112(108,109)110)78-58(99)36(21-31(4)5)73-56(97)34(17-19-113-7)72-57(98)35(20-30(2)3)74-60(101)38(23-50(90)91)75-59(100)37(22-49(88)89)70-47(85)27-69-46(84)26-68-45(83)14-10-9-13-44-54-42(29-114-44)79-66(107)81-54/h30-44,53-54H,8-29H2,1-7H3,(H2,67,96)(H,68,83)(H,69,84)(H,70,85)(H,71,105)(H,72,98)(H,73,97)(H,74,101)(H,75,100)(H,76,102)(H,77,104)(H,78,99)(H,80,103)(H,86,87)(H,88,89)(H,90,91)(H,92,93)(H,94,95)(H2,79,81,107)(H2,108,109,110)/t32-,33-,34-,35-,36-,37-,38-,39-,40-,41-,42-,43-,44-,53-,54-/m0/s1. The molecule has 0 aromatic heterocycles. The highest BCUT2D eigenvalue weighted by Crippen LogP contribution is 2.36. The van der Waals surface area contributed by atoms with Gasteiger partial charge in [-0.2, -0.15) is 23.5 Å². The molecule has 45 nitrogen and oxygen atoms in total. The van der Waals surface area contributed by atoms with Crippen LogP contribution in [0.4, 0.5) is 4.79 Å². The van der Waals surface area contributed by atoms with Gasteiger partial charge in [0.1, 0.15) is 66.5 Å². The van der Waals surface area contributed by atoms with Crippen LogP contribution in [0.3, 0.4) is 0 Å². The number of carboxylic acids is 5. The number of primary amides is 1. The van der Waals surface area contributed by atoms with Crippen molar-refractivity contribution in [1.82, 2.24) is 79.3 Å². The number of likely N-dealkylation sites (tertiary alicyclic amines) is 1. The topological polar surface area (TPSA) is 707 Å². The lowest BCUT2D eigenvalue weighted by molar-refractivity contribution is -0.145. The summed E-state index contributed by atoms with van der Waals surface area (Å²) in [4.78, 5) is 283. The zero-order valence-electron chi connectivity index (χ0n) is 63.8. The largest absolute Gasteiger partial charge is 0.481 e. The van der Waals surface area contributed by atoms with Crippen molar-refractivity contribution in [2.45, 2.75) is 228 Å². The molecule has 16 amide bonds. The van der Waals surface area contributed by atoms with Gasteiger partial charge in [-0.3, -0.25) is 95.6 Å². The number of hydrogen-bond acceptors (Lipinski definition) is 24. The summed E-state index contributed by atoms with van der Waals surface area (Å²) in [6.07, 6.45) is -3.16. The van der Waals surface area contributed by atoms with Crippen molar-refractivity contribution in [2.75, 3.05) is 44.0 Å². The second-order valence-electron chi connectivity index (χ2n) is 28.1. The number of hydrogen-bond donors (Lipinski definition) is 22. The van der Waals surface area contributed by atoms with Crippen LogP contribution in [0.1, 0.15) is 144 Å². The molecule has 15 atom stereocenters. The number of aliphatic carboxylic acids is 5. The number of amides is 16. The van der Waals surface area contributed by atoms with Crippen LogP contribution in [0.5, 0.6) is 0 Å². The lowest BCUT2D eigenvalue weighted by atomic mass is 9.97. The van der Waals surface area contributed by atoms with E-state index in [9.17, 15) is 131 Å². The van der Waals surface area contributed by atoms with E-state index in [0.29, 0.717) is 12.8 Å². The van der Waals surface area contributed by atoms with Gasteiger partial charge in [0.05, 0.1) is 57.5 Å². The number of nitrogens with one attached hydrogen (secondary N) is 14. The Morgan fingerprint density at radius 2 is 1.01 bits per heavy atom. The van der Waals surface area contributed by atoms with Crippen LogP contribution in [0, 0.1) is 17.8 Å². The summed E-state index contributed by atoms with van der Waals surface area (Å²) in [6.45, 7) is 6.34. The van der Waals surface area contributed by atoms with Gasteiger partial charge in [-0.05, 0) is 81.1 Å². The Morgan fingerprint density at radius 3 is 1.50 bits per heavy atom. The SMILES string of the molecule is CC[C@H](C)[C@H](NC(=O)[C@H](CC(=O)O)NC(=O)[C@H](CC(=O)O)NC(=O)[C@@H]1CCCN1C(=O)[C@H](COP(=O)(O)O)NC(=O)[C@H](CC(C)C)NC(=O)[C@H](CCSC)NC(=O)[C@H](CC(C)C)NC(=O)[C@H](CC(=O)O)NC(=O)[C@H](CC(=O)O)NC(=O)CNC(=O)CNC(=O)CCCC[C@@H]1SC[C@@H]2NC(=O)N[C@@H]21)C(=O)N[C@@H](CCC(=O)O)C(N)=O. The normalized spacial score (nSPS) is 18.5. The zero-order chi connectivity index (χ0) is 86.0. The lowest BCUT2D eigenvalue weighted by Gasteiger charge is -2.31. The molecule has 0 saturated carbocycles. The van der Waals surface area contributed by atoms with Crippen molar-refractivity contribution in [3.8, 4) is 0 Å². The Hall–Kier alpha value is -9.99. The third-order valence-corrected chi connectivity index (χ3v) is 20.6. The molecule has 3 rings (SSSR count). The number of carboxylic acid groups (broad SMARTS) is 5. The van der Waals surface area contributed by atoms with Crippen LogP contribution >= 0.6 is 31.3 Å². The molecule has 0 aliphatic carbocycles. The molecule has 23 N–H and O–H groups in total. The zero-order valence-corrected chi connectivity index (χ0v) is 66.3. The lowest BCUT2D eigenvalue weighted by Crippen LogP contribution is -2.61. The minimum atomic E-state index is -5.52. The summed E-state index contributed by atoms with van der Waals surface area (Å²) in [5, 5.41) is 81.2. The summed E-state index contributed by atoms with van der Waals surface area (Å²) in [7, 11) is -5.52. The Morgan fingerprint density at radius 1 is 0.553 bits per heavy atom. The van der Waals surface area contributed by atoms with Crippen LogP contribution in [-0.2, 0) is 100 Å². The molecule has 3 aliphatic heterocycles. The molecular weight excluding hydrogens is 1580 g/mol. The second kappa shape index (κ2) is 48.3. The number of nitrogens with two attached hydrogens (primary N) is 1. The van der Waals surface area contributed by atoms with E-state index in [-0.39, 0.29) is 80.6 Å². The molecule has 48 heteroatoms. The maximum Gasteiger partial charge on any atom is 0.469 e. The molecule has 0 bridgehead atoms. The molecule has 3 heterocycles. The minimum absolute atomic E-state index is 0.0107. The highest BCUT2D eigenvalue weighted by Gasteiger charge is 2.45. The van der Waals surface area contributed by atoms with Crippen molar-refractivity contribution in [2.24, 2.45) is 23.5 Å². The molecule has 3 saturated heterocycles. The number of phosphoric acid groups is 1. The van der Waals surface area contributed by atoms with Crippen molar-refractivity contribution in [3.05, 3.63) is 0 Å². The minimum Gasteiger partial charge on any atom is -0.481 e. The third-order valence-electron chi connectivity index (χ3n) is 17.9.